The summed E-state index contributed by atoms with van der Waals surface area (Å²) in [6, 6.07) is 5.15. The number of likely N-dealkylation sites (tertiary alicyclic amines) is 1. The average molecular weight is 364 g/mol. The molecule has 1 amide bonds. The van der Waals surface area contributed by atoms with E-state index < -0.39 is 0 Å². The predicted octanol–water partition coefficient (Wildman–Crippen LogP) is 1.35. The zero-order chi connectivity index (χ0) is 18.8. The molecule has 0 radical (unpaired) electrons. The van der Waals surface area contributed by atoms with E-state index in [1.165, 1.54) is 6.07 Å². The second-order valence-electron chi connectivity index (χ2n) is 6.80. The molecular formula is C19H20N6O2. The summed E-state index contributed by atoms with van der Waals surface area (Å²) < 4.78 is 1.65. The van der Waals surface area contributed by atoms with Crippen molar-refractivity contribution in [2.75, 3.05) is 13.1 Å². The fourth-order valence-electron chi connectivity index (χ4n) is 3.33. The molecule has 0 aromatic carbocycles. The van der Waals surface area contributed by atoms with Crippen molar-refractivity contribution in [3.8, 4) is 11.3 Å². The van der Waals surface area contributed by atoms with Crippen LogP contribution in [0.5, 0.6) is 0 Å². The highest BCUT2D eigenvalue weighted by Gasteiger charge is 2.29. The second kappa shape index (κ2) is 7.14. The fraction of sp³-hybridized carbons (Fsp3) is 0.316. The van der Waals surface area contributed by atoms with Crippen LogP contribution in [0.2, 0.25) is 0 Å². The van der Waals surface area contributed by atoms with Crippen LogP contribution in [-0.2, 0) is 11.3 Å². The van der Waals surface area contributed by atoms with E-state index in [9.17, 15) is 9.59 Å². The molecule has 138 valence electrons. The lowest BCUT2D eigenvalue weighted by Gasteiger charge is -2.16. The van der Waals surface area contributed by atoms with Crippen LogP contribution in [0.3, 0.4) is 0 Å². The Morgan fingerprint density at radius 1 is 1.37 bits per heavy atom. The van der Waals surface area contributed by atoms with Crippen molar-refractivity contribution in [3.63, 3.8) is 0 Å². The van der Waals surface area contributed by atoms with Crippen LogP contribution in [0.25, 0.3) is 11.3 Å². The summed E-state index contributed by atoms with van der Waals surface area (Å²) in [6.07, 6.45) is 7.71. The maximum atomic E-state index is 12.5. The molecule has 3 aromatic rings. The number of carbonyl (C=O) groups is 1. The van der Waals surface area contributed by atoms with Gasteiger partial charge in [-0.1, -0.05) is 0 Å². The number of pyridine rings is 1. The van der Waals surface area contributed by atoms with Gasteiger partial charge in [-0.25, -0.2) is 4.98 Å². The zero-order valence-corrected chi connectivity index (χ0v) is 15.0. The Bertz CT molecular complexity index is 1010. The maximum Gasteiger partial charge on any atom is 0.251 e. The van der Waals surface area contributed by atoms with E-state index in [4.69, 9.17) is 0 Å². The molecule has 0 unspecified atom stereocenters. The summed E-state index contributed by atoms with van der Waals surface area (Å²) in [6.45, 7) is 3.35. The van der Waals surface area contributed by atoms with Crippen LogP contribution in [0.1, 0.15) is 23.7 Å². The number of nitrogens with one attached hydrogen (secondary N) is 1. The van der Waals surface area contributed by atoms with E-state index in [-0.39, 0.29) is 23.9 Å². The lowest BCUT2D eigenvalue weighted by atomic mass is 10.1. The van der Waals surface area contributed by atoms with Crippen LogP contribution in [0, 0.1) is 6.92 Å². The van der Waals surface area contributed by atoms with Gasteiger partial charge in [0.05, 0.1) is 11.9 Å². The number of hydrogen-bond acceptors (Lipinski definition) is 5. The Kier molecular flexibility index (Phi) is 4.53. The quantitative estimate of drug-likeness (QED) is 0.754. The van der Waals surface area contributed by atoms with Crippen LogP contribution in [-0.4, -0.2) is 48.6 Å². The van der Waals surface area contributed by atoms with Gasteiger partial charge in [-0.2, -0.15) is 5.10 Å². The molecule has 0 saturated carbocycles. The number of carbonyl (C=O) groups excluding carboxylic acids is 1. The summed E-state index contributed by atoms with van der Waals surface area (Å²) in [4.78, 5) is 37.9. The number of rotatable bonds is 4. The molecule has 27 heavy (non-hydrogen) atoms. The van der Waals surface area contributed by atoms with E-state index in [2.05, 4.69) is 20.1 Å². The molecule has 0 aliphatic carbocycles. The second-order valence-corrected chi connectivity index (χ2v) is 6.80. The van der Waals surface area contributed by atoms with E-state index in [0.29, 0.717) is 24.6 Å². The molecule has 3 aromatic heterocycles. The van der Waals surface area contributed by atoms with Gasteiger partial charge in [0.1, 0.15) is 12.4 Å². The molecule has 0 spiro atoms. The highest BCUT2D eigenvalue weighted by molar-refractivity contribution is 5.76. The number of amides is 1. The highest BCUT2D eigenvalue weighted by atomic mass is 16.2. The van der Waals surface area contributed by atoms with Crippen LogP contribution < -0.4 is 5.56 Å². The SMILES string of the molecule is Cc1cnn(CC(=O)N2CC[C@@H](c3nc(-c4cccnc4)cc(=O)[nH]3)C2)c1. The Labute approximate surface area is 155 Å². The minimum atomic E-state index is -0.198. The van der Waals surface area contributed by atoms with E-state index in [0.717, 1.165) is 17.5 Å². The molecule has 0 bridgehead atoms. The number of aryl methyl sites for hydroxylation is 1. The molecule has 1 aliphatic rings. The van der Waals surface area contributed by atoms with Crippen molar-refractivity contribution < 1.29 is 4.79 Å². The Morgan fingerprint density at radius 3 is 3.00 bits per heavy atom. The van der Waals surface area contributed by atoms with Crippen molar-refractivity contribution >= 4 is 5.91 Å². The Hall–Kier alpha value is -3.29. The van der Waals surface area contributed by atoms with Crippen molar-refractivity contribution in [2.45, 2.75) is 25.8 Å². The molecule has 4 heterocycles. The number of hydrogen-bond donors (Lipinski definition) is 1. The lowest BCUT2D eigenvalue weighted by Crippen LogP contribution is -2.32. The fourth-order valence-corrected chi connectivity index (χ4v) is 3.33. The van der Waals surface area contributed by atoms with Gasteiger partial charge in [0.15, 0.2) is 0 Å². The predicted molar refractivity (Wildman–Crippen MR) is 99.0 cm³/mol. The van der Waals surface area contributed by atoms with E-state index in [1.54, 1.807) is 28.2 Å². The highest BCUT2D eigenvalue weighted by Crippen LogP contribution is 2.25. The van der Waals surface area contributed by atoms with Crippen LogP contribution in [0.15, 0.2) is 47.8 Å². The number of H-pyrrole nitrogens is 1. The summed E-state index contributed by atoms with van der Waals surface area (Å²) >= 11 is 0. The minimum Gasteiger partial charge on any atom is -0.340 e. The molecule has 8 nitrogen and oxygen atoms in total. The smallest absolute Gasteiger partial charge is 0.251 e. The van der Waals surface area contributed by atoms with E-state index in [1.807, 2.05) is 25.3 Å². The summed E-state index contributed by atoms with van der Waals surface area (Å²) in [5.41, 5.74) is 2.22. The van der Waals surface area contributed by atoms with Crippen LogP contribution >= 0.6 is 0 Å². The first-order valence-corrected chi connectivity index (χ1v) is 8.87. The monoisotopic (exact) mass is 364 g/mol. The third kappa shape index (κ3) is 3.79. The Morgan fingerprint density at radius 2 is 2.26 bits per heavy atom. The zero-order valence-electron chi connectivity index (χ0n) is 15.0. The molecule has 1 atom stereocenters. The van der Waals surface area contributed by atoms with Gasteiger partial charge in [-0.3, -0.25) is 19.3 Å². The van der Waals surface area contributed by atoms with Gasteiger partial charge in [-0.15, -0.1) is 0 Å². The Balaban J connectivity index is 1.49. The molecule has 1 saturated heterocycles. The minimum absolute atomic E-state index is 0.0117. The molecule has 1 N–H and O–H groups in total. The van der Waals surface area contributed by atoms with Gasteiger partial charge >= 0.3 is 0 Å². The summed E-state index contributed by atoms with van der Waals surface area (Å²) in [5, 5.41) is 4.16. The third-order valence-electron chi connectivity index (χ3n) is 4.70. The number of aromatic amines is 1. The lowest BCUT2D eigenvalue weighted by molar-refractivity contribution is -0.131. The third-order valence-corrected chi connectivity index (χ3v) is 4.70. The largest absolute Gasteiger partial charge is 0.340 e. The van der Waals surface area contributed by atoms with Crippen LogP contribution in [0.4, 0.5) is 0 Å². The maximum absolute atomic E-state index is 12.5. The normalized spacial score (nSPS) is 16.6. The number of nitrogens with zero attached hydrogens (tertiary/aromatic N) is 5. The standard InChI is InChI=1S/C19H20N6O2/c1-13-8-21-25(10-13)12-18(27)24-6-4-15(11-24)19-22-16(7-17(26)23-19)14-3-2-5-20-9-14/h2-3,5,7-10,15H,4,6,11-12H2,1H3,(H,22,23,26)/t15-/m1/s1. The molecule has 4 rings (SSSR count). The number of aromatic nitrogens is 5. The molecule has 1 aliphatic heterocycles. The van der Waals surface area contributed by atoms with Gasteiger partial charge < -0.3 is 9.88 Å². The van der Waals surface area contributed by atoms with Gasteiger partial charge in [0, 0.05) is 49.2 Å². The summed E-state index contributed by atoms with van der Waals surface area (Å²) in [7, 11) is 0. The molecular weight excluding hydrogens is 344 g/mol. The topological polar surface area (TPSA) is 96.8 Å². The van der Waals surface area contributed by atoms with Crippen molar-refractivity contribution in [3.05, 3.63) is 64.7 Å². The van der Waals surface area contributed by atoms with Crippen molar-refractivity contribution in [1.29, 1.82) is 0 Å². The molecule has 8 heteroatoms. The average Bonchev–Trinajstić information content (AvgIpc) is 3.31. The van der Waals surface area contributed by atoms with Gasteiger partial charge in [-0.05, 0) is 31.0 Å². The van der Waals surface area contributed by atoms with Crippen molar-refractivity contribution in [2.24, 2.45) is 0 Å². The molecule has 1 fully saturated rings. The summed E-state index contributed by atoms with van der Waals surface area (Å²) in [5.74, 6) is 0.649. The van der Waals surface area contributed by atoms with E-state index >= 15 is 0 Å². The van der Waals surface area contributed by atoms with Crippen molar-refractivity contribution in [1.82, 2.24) is 29.6 Å². The first-order chi connectivity index (χ1) is 13.1. The van der Waals surface area contributed by atoms with Gasteiger partial charge in [0.25, 0.3) is 5.56 Å². The first kappa shape index (κ1) is 17.1. The first-order valence-electron chi connectivity index (χ1n) is 8.87. The van der Waals surface area contributed by atoms with Gasteiger partial charge in [0.2, 0.25) is 5.91 Å².